The van der Waals surface area contributed by atoms with Gasteiger partial charge in [-0.05, 0) is 12.1 Å². The van der Waals surface area contributed by atoms with E-state index in [2.05, 4.69) is 15.6 Å². The number of hydrogen-bond acceptors (Lipinski definition) is 4. The Balaban J connectivity index is 2.06. The van der Waals surface area contributed by atoms with Crippen molar-refractivity contribution in [3.63, 3.8) is 0 Å². The first kappa shape index (κ1) is 13.9. The van der Waals surface area contributed by atoms with E-state index in [-0.39, 0.29) is 10.7 Å². The van der Waals surface area contributed by atoms with Crippen LogP contribution in [-0.4, -0.2) is 35.3 Å². The van der Waals surface area contributed by atoms with Crippen LogP contribution in [-0.2, 0) is 11.3 Å². The fourth-order valence-corrected chi connectivity index (χ4v) is 1.73. The standard InChI is InChI=1S/C12H14ClFN4O/c1-19-6-5-15-7-9-8-18(17-16-9)11-4-2-3-10(13)12(11)14/h2-4,8,15H,5-7H2,1H3. The SMILES string of the molecule is COCCNCc1cn(-c2cccc(Cl)c2F)nn1. The first-order valence-electron chi connectivity index (χ1n) is 5.77. The molecular weight excluding hydrogens is 271 g/mol. The van der Waals surface area contributed by atoms with Gasteiger partial charge >= 0.3 is 0 Å². The summed E-state index contributed by atoms with van der Waals surface area (Å²) in [6.07, 6.45) is 1.66. The monoisotopic (exact) mass is 284 g/mol. The second-order valence-corrected chi connectivity index (χ2v) is 4.30. The van der Waals surface area contributed by atoms with Crippen molar-refractivity contribution in [1.29, 1.82) is 0 Å². The van der Waals surface area contributed by atoms with Crippen LogP contribution < -0.4 is 5.32 Å². The van der Waals surface area contributed by atoms with Crippen LogP contribution in [0.2, 0.25) is 5.02 Å². The van der Waals surface area contributed by atoms with E-state index in [4.69, 9.17) is 16.3 Å². The van der Waals surface area contributed by atoms with Crippen LogP contribution in [0.25, 0.3) is 5.69 Å². The number of rotatable bonds is 6. The van der Waals surface area contributed by atoms with E-state index in [1.165, 1.54) is 10.7 Å². The molecule has 0 saturated heterocycles. The van der Waals surface area contributed by atoms with E-state index in [1.807, 2.05) is 0 Å². The van der Waals surface area contributed by atoms with Crippen molar-refractivity contribution < 1.29 is 9.13 Å². The van der Waals surface area contributed by atoms with Crippen molar-refractivity contribution in [1.82, 2.24) is 20.3 Å². The summed E-state index contributed by atoms with van der Waals surface area (Å²) >= 11 is 5.73. The zero-order valence-corrected chi connectivity index (χ0v) is 11.2. The lowest BCUT2D eigenvalue weighted by atomic mass is 10.3. The fourth-order valence-electron chi connectivity index (χ4n) is 1.56. The third kappa shape index (κ3) is 3.50. The van der Waals surface area contributed by atoms with Crippen LogP contribution in [0.3, 0.4) is 0 Å². The van der Waals surface area contributed by atoms with Gasteiger partial charge in [-0.2, -0.15) is 0 Å². The molecule has 0 saturated carbocycles. The molecule has 1 heterocycles. The quantitative estimate of drug-likeness (QED) is 0.822. The van der Waals surface area contributed by atoms with Gasteiger partial charge in [0.25, 0.3) is 0 Å². The van der Waals surface area contributed by atoms with Crippen molar-refractivity contribution in [3.8, 4) is 5.69 Å². The first-order chi connectivity index (χ1) is 9.22. The molecular formula is C12H14ClFN4O. The molecule has 0 bridgehead atoms. The molecule has 102 valence electrons. The summed E-state index contributed by atoms with van der Waals surface area (Å²) in [4.78, 5) is 0. The maximum absolute atomic E-state index is 13.8. The Kier molecular flexibility index (Phi) is 4.84. The predicted molar refractivity (Wildman–Crippen MR) is 69.9 cm³/mol. The van der Waals surface area contributed by atoms with Crippen LogP contribution in [0.4, 0.5) is 4.39 Å². The highest BCUT2D eigenvalue weighted by molar-refractivity contribution is 6.30. The minimum atomic E-state index is -0.507. The van der Waals surface area contributed by atoms with E-state index in [0.29, 0.717) is 13.2 Å². The van der Waals surface area contributed by atoms with E-state index in [0.717, 1.165) is 12.2 Å². The van der Waals surface area contributed by atoms with Crippen LogP contribution >= 0.6 is 11.6 Å². The molecule has 0 fully saturated rings. The summed E-state index contributed by atoms with van der Waals surface area (Å²) in [5, 5.41) is 11.0. The second kappa shape index (κ2) is 6.60. The summed E-state index contributed by atoms with van der Waals surface area (Å²) in [6.45, 7) is 1.89. The average molecular weight is 285 g/mol. The van der Waals surface area contributed by atoms with Gasteiger partial charge in [-0.25, -0.2) is 9.07 Å². The molecule has 0 amide bonds. The molecule has 0 aliphatic carbocycles. The predicted octanol–water partition coefficient (Wildman–Crippen LogP) is 1.80. The van der Waals surface area contributed by atoms with Gasteiger partial charge in [0.1, 0.15) is 5.69 Å². The van der Waals surface area contributed by atoms with Crippen molar-refractivity contribution in [2.45, 2.75) is 6.54 Å². The Morgan fingerprint density at radius 3 is 3.11 bits per heavy atom. The highest BCUT2D eigenvalue weighted by atomic mass is 35.5. The van der Waals surface area contributed by atoms with Crippen molar-refractivity contribution >= 4 is 11.6 Å². The van der Waals surface area contributed by atoms with E-state index < -0.39 is 5.82 Å². The molecule has 1 aromatic carbocycles. The van der Waals surface area contributed by atoms with Crippen LogP contribution in [0.15, 0.2) is 24.4 Å². The number of halogens is 2. The van der Waals surface area contributed by atoms with Crippen molar-refractivity contribution in [3.05, 3.63) is 40.9 Å². The number of methoxy groups -OCH3 is 1. The normalized spacial score (nSPS) is 10.9. The van der Waals surface area contributed by atoms with Crippen molar-refractivity contribution in [2.75, 3.05) is 20.3 Å². The van der Waals surface area contributed by atoms with Gasteiger partial charge in [0.15, 0.2) is 5.82 Å². The molecule has 19 heavy (non-hydrogen) atoms. The molecule has 1 aromatic heterocycles. The third-order valence-electron chi connectivity index (χ3n) is 2.51. The highest BCUT2D eigenvalue weighted by Gasteiger charge is 2.10. The van der Waals surface area contributed by atoms with Crippen LogP contribution in [0.1, 0.15) is 5.69 Å². The highest BCUT2D eigenvalue weighted by Crippen LogP contribution is 2.20. The van der Waals surface area contributed by atoms with Gasteiger partial charge in [0.2, 0.25) is 0 Å². The van der Waals surface area contributed by atoms with Gasteiger partial charge in [-0.1, -0.05) is 22.9 Å². The Hall–Kier alpha value is -1.50. The number of ether oxygens (including phenoxy) is 1. The van der Waals surface area contributed by atoms with Gasteiger partial charge in [-0.15, -0.1) is 5.10 Å². The molecule has 5 nitrogen and oxygen atoms in total. The Morgan fingerprint density at radius 1 is 1.47 bits per heavy atom. The largest absolute Gasteiger partial charge is 0.383 e. The smallest absolute Gasteiger partial charge is 0.167 e. The van der Waals surface area contributed by atoms with Gasteiger partial charge in [0, 0.05) is 20.2 Å². The zero-order chi connectivity index (χ0) is 13.7. The minimum Gasteiger partial charge on any atom is -0.383 e. The molecule has 0 aliphatic rings. The lowest BCUT2D eigenvalue weighted by Gasteiger charge is -2.02. The maximum atomic E-state index is 13.8. The van der Waals surface area contributed by atoms with Gasteiger partial charge in [-0.3, -0.25) is 0 Å². The second-order valence-electron chi connectivity index (χ2n) is 3.90. The molecule has 0 radical (unpaired) electrons. The maximum Gasteiger partial charge on any atom is 0.167 e. The van der Waals surface area contributed by atoms with Crippen LogP contribution in [0, 0.1) is 5.82 Å². The molecule has 1 N–H and O–H groups in total. The average Bonchev–Trinajstić information content (AvgIpc) is 2.87. The third-order valence-corrected chi connectivity index (χ3v) is 2.80. The summed E-state index contributed by atoms with van der Waals surface area (Å²) in [6, 6.07) is 4.75. The van der Waals surface area contributed by atoms with E-state index in [9.17, 15) is 4.39 Å². The molecule has 0 aliphatic heterocycles. The Labute approximate surface area is 115 Å². The molecule has 0 atom stereocenters. The topological polar surface area (TPSA) is 52.0 Å². The molecule has 7 heteroatoms. The number of nitrogens with zero attached hydrogens (tertiary/aromatic N) is 3. The van der Waals surface area contributed by atoms with Gasteiger partial charge < -0.3 is 10.1 Å². The number of nitrogens with one attached hydrogen (secondary N) is 1. The molecule has 0 spiro atoms. The van der Waals surface area contributed by atoms with Crippen LogP contribution in [0.5, 0.6) is 0 Å². The van der Waals surface area contributed by atoms with E-state index >= 15 is 0 Å². The molecule has 2 rings (SSSR count). The number of aromatic nitrogens is 3. The first-order valence-corrected chi connectivity index (χ1v) is 6.15. The zero-order valence-electron chi connectivity index (χ0n) is 10.4. The van der Waals surface area contributed by atoms with Gasteiger partial charge in [0.05, 0.1) is 23.5 Å². The molecule has 0 unspecified atom stereocenters. The minimum absolute atomic E-state index is 0.0627. The summed E-state index contributed by atoms with van der Waals surface area (Å²) in [5.74, 6) is -0.507. The molecule has 2 aromatic rings. The number of hydrogen-bond donors (Lipinski definition) is 1. The summed E-state index contributed by atoms with van der Waals surface area (Å²) < 4.78 is 20.1. The summed E-state index contributed by atoms with van der Waals surface area (Å²) in [7, 11) is 1.64. The lowest BCUT2D eigenvalue weighted by molar-refractivity contribution is 0.199. The lowest BCUT2D eigenvalue weighted by Crippen LogP contribution is -2.18. The number of benzene rings is 1. The Bertz CT molecular complexity index is 546. The fraction of sp³-hybridized carbons (Fsp3) is 0.333. The van der Waals surface area contributed by atoms with E-state index in [1.54, 1.807) is 25.4 Å². The summed E-state index contributed by atoms with van der Waals surface area (Å²) in [5.41, 5.74) is 0.999. The van der Waals surface area contributed by atoms with Crippen molar-refractivity contribution in [2.24, 2.45) is 0 Å². The Morgan fingerprint density at radius 2 is 2.32 bits per heavy atom.